The summed E-state index contributed by atoms with van der Waals surface area (Å²) >= 11 is 5.96. The van der Waals surface area contributed by atoms with Crippen LogP contribution in [-0.4, -0.2) is 11.7 Å². The van der Waals surface area contributed by atoms with Crippen LogP contribution < -0.4 is 5.32 Å². The van der Waals surface area contributed by atoms with E-state index in [1.54, 1.807) is 0 Å². The van der Waals surface area contributed by atoms with Crippen LogP contribution in [0, 0.1) is 6.92 Å². The highest BCUT2D eigenvalue weighted by Gasteiger charge is 2.16. The van der Waals surface area contributed by atoms with Gasteiger partial charge < -0.3 is 10.4 Å². The van der Waals surface area contributed by atoms with E-state index < -0.39 is 0 Å². The zero-order chi connectivity index (χ0) is 10.8. The molecule has 0 aliphatic carbocycles. The van der Waals surface area contributed by atoms with Crippen LogP contribution in [0.4, 0.5) is 0 Å². The number of phenols is 1. The second-order valence-electron chi connectivity index (χ2n) is 4.17. The minimum Gasteiger partial charge on any atom is -0.506 e. The summed E-state index contributed by atoms with van der Waals surface area (Å²) in [5, 5.41) is 13.5. The Bertz CT molecular complexity index is 336. The molecule has 1 unspecified atom stereocenters. The van der Waals surface area contributed by atoms with Gasteiger partial charge in [-0.1, -0.05) is 24.1 Å². The average Bonchev–Trinajstić information content (AvgIpc) is 2.26. The van der Waals surface area contributed by atoms with Crippen LogP contribution in [0.2, 0.25) is 5.02 Å². The third-order valence-corrected chi connectivity index (χ3v) is 3.28. The molecular formula is C12H16ClNO. The van der Waals surface area contributed by atoms with Crippen LogP contribution in [0.3, 0.4) is 0 Å². The smallest absolute Gasteiger partial charge is 0.137 e. The zero-order valence-corrected chi connectivity index (χ0v) is 9.64. The highest BCUT2D eigenvalue weighted by molar-refractivity contribution is 6.32. The van der Waals surface area contributed by atoms with Crippen molar-refractivity contribution in [2.24, 2.45) is 0 Å². The third kappa shape index (κ3) is 2.27. The molecule has 1 saturated heterocycles. The molecule has 2 nitrogen and oxygen atoms in total. The van der Waals surface area contributed by atoms with Gasteiger partial charge in [-0.25, -0.2) is 0 Å². The van der Waals surface area contributed by atoms with Crippen LogP contribution in [0.15, 0.2) is 12.1 Å². The molecule has 1 aliphatic rings. The van der Waals surface area contributed by atoms with Crippen molar-refractivity contribution in [1.82, 2.24) is 5.32 Å². The number of rotatable bonds is 1. The van der Waals surface area contributed by atoms with Gasteiger partial charge in [0.1, 0.15) is 5.75 Å². The largest absolute Gasteiger partial charge is 0.506 e. The van der Waals surface area contributed by atoms with Crippen molar-refractivity contribution >= 4 is 11.6 Å². The summed E-state index contributed by atoms with van der Waals surface area (Å²) in [5.41, 5.74) is 2.04. The molecular weight excluding hydrogens is 210 g/mol. The summed E-state index contributed by atoms with van der Waals surface area (Å²) in [6, 6.07) is 4.28. The standard InChI is InChI=1S/C12H16ClNO/c1-8-6-9(7-10(13)12(8)15)11-4-2-3-5-14-11/h6-7,11,14-15H,2-5H2,1H3. The average molecular weight is 226 g/mol. The summed E-state index contributed by atoms with van der Waals surface area (Å²) in [5.74, 6) is 0.205. The van der Waals surface area contributed by atoms with Crippen molar-refractivity contribution in [1.29, 1.82) is 0 Å². The van der Waals surface area contributed by atoms with Gasteiger partial charge in [0.25, 0.3) is 0 Å². The van der Waals surface area contributed by atoms with Crippen molar-refractivity contribution < 1.29 is 5.11 Å². The number of nitrogens with one attached hydrogen (secondary N) is 1. The Hall–Kier alpha value is -0.730. The van der Waals surface area contributed by atoms with E-state index in [-0.39, 0.29) is 5.75 Å². The molecule has 0 saturated carbocycles. The maximum absolute atomic E-state index is 9.58. The van der Waals surface area contributed by atoms with E-state index in [2.05, 4.69) is 5.32 Å². The minimum atomic E-state index is 0.205. The van der Waals surface area contributed by atoms with E-state index in [9.17, 15) is 5.11 Å². The van der Waals surface area contributed by atoms with E-state index >= 15 is 0 Å². The van der Waals surface area contributed by atoms with Gasteiger partial charge in [-0.15, -0.1) is 0 Å². The molecule has 0 bridgehead atoms. The van der Waals surface area contributed by atoms with E-state index in [0.717, 1.165) is 18.5 Å². The van der Waals surface area contributed by atoms with Crippen LogP contribution in [0.25, 0.3) is 0 Å². The fourth-order valence-corrected chi connectivity index (χ4v) is 2.38. The third-order valence-electron chi connectivity index (χ3n) is 2.99. The van der Waals surface area contributed by atoms with Crippen molar-refractivity contribution in [3.63, 3.8) is 0 Å². The highest BCUT2D eigenvalue weighted by Crippen LogP contribution is 2.32. The highest BCUT2D eigenvalue weighted by atomic mass is 35.5. The molecule has 1 aromatic rings. The van der Waals surface area contributed by atoms with Gasteiger partial charge in [0, 0.05) is 6.04 Å². The second kappa shape index (κ2) is 4.42. The molecule has 0 amide bonds. The quantitative estimate of drug-likeness (QED) is 0.770. The van der Waals surface area contributed by atoms with E-state index in [1.165, 1.54) is 18.4 Å². The van der Waals surface area contributed by atoms with Crippen LogP contribution in [0.1, 0.15) is 36.4 Å². The van der Waals surface area contributed by atoms with E-state index in [4.69, 9.17) is 11.6 Å². The fourth-order valence-electron chi connectivity index (χ4n) is 2.10. The van der Waals surface area contributed by atoms with Gasteiger partial charge >= 0.3 is 0 Å². The molecule has 1 fully saturated rings. The molecule has 15 heavy (non-hydrogen) atoms. The lowest BCUT2D eigenvalue weighted by Gasteiger charge is -2.24. The van der Waals surface area contributed by atoms with Crippen molar-refractivity contribution in [3.8, 4) is 5.75 Å². The Morgan fingerprint density at radius 3 is 2.80 bits per heavy atom. The monoisotopic (exact) mass is 225 g/mol. The molecule has 0 radical (unpaired) electrons. The summed E-state index contributed by atoms with van der Waals surface area (Å²) < 4.78 is 0. The molecule has 1 atom stereocenters. The molecule has 0 spiro atoms. The predicted octanol–water partition coefficient (Wildman–Crippen LogP) is 3.17. The number of aromatic hydroxyl groups is 1. The minimum absolute atomic E-state index is 0.205. The Morgan fingerprint density at radius 1 is 1.40 bits per heavy atom. The van der Waals surface area contributed by atoms with E-state index in [0.29, 0.717) is 11.1 Å². The van der Waals surface area contributed by atoms with Gasteiger partial charge in [-0.3, -0.25) is 0 Å². The summed E-state index contributed by atoms with van der Waals surface area (Å²) in [6.45, 7) is 2.95. The number of hydrogen-bond acceptors (Lipinski definition) is 2. The molecule has 1 aliphatic heterocycles. The molecule has 1 aromatic carbocycles. The molecule has 2 N–H and O–H groups in total. The van der Waals surface area contributed by atoms with Gasteiger partial charge in [0.2, 0.25) is 0 Å². The number of benzene rings is 1. The maximum Gasteiger partial charge on any atom is 0.137 e. The first-order valence-corrected chi connectivity index (χ1v) is 5.78. The topological polar surface area (TPSA) is 32.3 Å². The lowest BCUT2D eigenvalue weighted by Crippen LogP contribution is -2.26. The summed E-state index contributed by atoms with van der Waals surface area (Å²) in [7, 11) is 0. The first kappa shape index (κ1) is 10.8. The van der Waals surface area contributed by atoms with Crippen LogP contribution in [0.5, 0.6) is 5.75 Å². The van der Waals surface area contributed by atoms with Gasteiger partial charge in [0.15, 0.2) is 0 Å². The van der Waals surface area contributed by atoms with Crippen LogP contribution >= 0.6 is 11.6 Å². The molecule has 2 rings (SSSR count). The van der Waals surface area contributed by atoms with Crippen molar-refractivity contribution in [3.05, 3.63) is 28.3 Å². The van der Waals surface area contributed by atoms with Gasteiger partial charge in [-0.2, -0.15) is 0 Å². The van der Waals surface area contributed by atoms with Gasteiger partial charge in [-0.05, 0) is 43.5 Å². The normalized spacial score (nSPS) is 21.6. The maximum atomic E-state index is 9.58. The molecule has 3 heteroatoms. The lowest BCUT2D eigenvalue weighted by atomic mass is 9.96. The van der Waals surface area contributed by atoms with E-state index in [1.807, 2.05) is 19.1 Å². The molecule has 1 heterocycles. The van der Waals surface area contributed by atoms with Crippen molar-refractivity contribution in [2.45, 2.75) is 32.2 Å². The summed E-state index contributed by atoms with van der Waals surface area (Å²) in [4.78, 5) is 0. The summed E-state index contributed by atoms with van der Waals surface area (Å²) in [6.07, 6.45) is 3.66. The number of aryl methyl sites for hydroxylation is 1. The van der Waals surface area contributed by atoms with Gasteiger partial charge in [0.05, 0.1) is 5.02 Å². The first-order chi connectivity index (χ1) is 7.18. The predicted molar refractivity (Wildman–Crippen MR) is 62.4 cm³/mol. The number of hydrogen-bond donors (Lipinski definition) is 2. The Labute approximate surface area is 95.3 Å². The number of phenolic OH excluding ortho intramolecular Hbond substituents is 1. The SMILES string of the molecule is Cc1cc(C2CCCCN2)cc(Cl)c1O. The lowest BCUT2D eigenvalue weighted by molar-refractivity contribution is 0.411. The number of halogens is 1. The van der Waals surface area contributed by atoms with Crippen LogP contribution in [-0.2, 0) is 0 Å². The Morgan fingerprint density at radius 2 is 2.20 bits per heavy atom. The Balaban J connectivity index is 2.27. The number of piperidine rings is 1. The van der Waals surface area contributed by atoms with Crippen molar-refractivity contribution in [2.75, 3.05) is 6.54 Å². The Kier molecular flexibility index (Phi) is 3.17. The molecule has 0 aromatic heterocycles. The molecule has 82 valence electrons. The zero-order valence-electron chi connectivity index (χ0n) is 8.89. The first-order valence-electron chi connectivity index (χ1n) is 5.41. The fraction of sp³-hybridized carbons (Fsp3) is 0.500. The second-order valence-corrected chi connectivity index (χ2v) is 4.58.